The van der Waals surface area contributed by atoms with Crippen molar-refractivity contribution < 1.29 is 4.74 Å². The van der Waals surface area contributed by atoms with E-state index >= 15 is 0 Å². The average Bonchev–Trinajstić information content (AvgIpc) is 2.34. The van der Waals surface area contributed by atoms with Gasteiger partial charge in [0.2, 0.25) is 0 Å². The Kier molecular flexibility index (Phi) is 4.61. The molecule has 0 bridgehead atoms. The molecule has 3 nitrogen and oxygen atoms in total. The fourth-order valence-corrected chi connectivity index (χ4v) is 2.91. The Labute approximate surface area is 116 Å². The molecule has 1 atom stereocenters. The van der Waals surface area contributed by atoms with Crippen LogP contribution in [0.4, 0.5) is 0 Å². The SMILES string of the molecule is CNC(c1ccc(CC(C)C)cc1)C1(CN)COC1. The average molecular weight is 262 g/mol. The lowest BCUT2D eigenvalue weighted by atomic mass is 9.75. The van der Waals surface area contributed by atoms with E-state index < -0.39 is 0 Å². The van der Waals surface area contributed by atoms with Crippen LogP contribution in [0.15, 0.2) is 24.3 Å². The summed E-state index contributed by atoms with van der Waals surface area (Å²) in [6.07, 6.45) is 1.13. The zero-order chi connectivity index (χ0) is 13.9. The Hall–Kier alpha value is -0.900. The summed E-state index contributed by atoms with van der Waals surface area (Å²) in [6, 6.07) is 9.22. The molecule has 1 aromatic rings. The van der Waals surface area contributed by atoms with Gasteiger partial charge in [-0.25, -0.2) is 0 Å². The molecular weight excluding hydrogens is 236 g/mol. The Balaban J connectivity index is 2.15. The number of hydrogen-bond donors (Lipinski definition) is 2. The number of nitrogens with two attached hydrogens (primary N) is 1. The molecule has 1 aromatic carbocycles. The highest BCUT2D eigenvalue weighted by Crippen LogP contribution is 2.39. The molecule has 1 saturated heterocycles. The molecule has 0 radical (unpaired) electrons. The molecule has 106 valence electrons. The largest absolute Gasteiger partial charge is 0.380 e. The summed E-state index contributed by atoms with van der Waals surface area (Å²) in [4.78, 5) is 0. The number of rotatable bonds is 6. The predicted molar refractivity (Wildman–Crippen MR) is 79.1 cm³/mol. The zero-order valence-electron chi connectivity index (χ0n) is 12.3. The van der Waals surface area contributed by atoms with E-state index in [1.54, 1.807) is 0 Å². The molecule has 1 aliphatic rings. The second-order valence-corrected chi connectivity index (χ2v) is 6.12. The molecule has 3 N–H and O–H groups in total. The summed E-state index contributed by atoms with van der Waals surface area (Å²) >= 11 is 0. The Morgan fingerprint density at radius 2 is 1.89 bits per heavy atom. The van der Waals surface area contributed by atoms with Crippen LogP contribution in [0.5, 0.6) is 0 Å². The summed E-state index contributed by atoms with van der Waals surface area (Å²) in [5, 5.41) is 3.41. The molecule has 1 aliphatic heterocycles. The highest BCUT2D eigenvalue weighted by molar-refractivity contribution is 5.27. The van der Waals surface area contributed by atoms with Crippen molar-refractivity contribution in [2.24, 2.45) is 17.1 Å². The summed E-state index contributed by atoms with van der Waals surface area (Å²) in [5.74, 6) is 0.696. The molecule has 19 heavy (non-hydrogen) atoms. The van der Waals surface area contributed by atoms with Gasteiger partial charge in [-0.3, -0.25) is 0 Å². The van der Waals surface area contributed by atoms with Gasteiger partial charge < -0.3 is 15.8 Å². The van der Waals surface area contributed by atoms with Crippen LogP contribution in [0, 0.1) is 11.3 Å². The molecule has 1 unspecified atom stereocenters. The molecule has 1 heterocycles. The van der Waals surface area contributed by atoms with Gasteiger partial charge in [0, 0.05) is 18.0 Å². The maximum atomic E-state index is 5.96. The van der Waals surface area contributed by atoms with Crippen molar-refractivity contribution in [2.75, 3.05) is 26.8 Å². The molecule has 0 aliphatic carbocycles. The van der Waals surface area contributed by atoms with Crippen LogP contribution in [0.1, 0.15) is 31.0 Å². The van der Waals surface area contributed by atoms with Crippen molar-refractivity contribution in [1.82, 2.24) is 5.32 Å². The van der Waals surface area contributed by atoms with Crippen LogP contribution in [0.2, 0.25) is 0 Å². The molecule has 1 fully saturated rings. The van der Waals surface area contributed by atoms with E-state index in [-0.39, 0.29) is 11.5 Å². The van der Waals surface area contributed by atoms with Gasteiger partial charge in [-0.2, -0.15) is 0 Å². The van der Waals surface area contributed by atoms with E-state index in [1.165, 1.54) is 11.1 Å². The molecular formula is C16H26N2O. The summed E-state index contributed by atoms with van der Waals surface area (Å²) < 4.78 is 5.39. The maximum Gasteiger partial charge on any atom is 0.0575 e. The first-order chi connectivity index (χ1) is 9.11. The van der Waals surface area contributed by atoms with Crippen LogP contribution in [-0.4, -0.2) is 26.8 Å². The van der Waals surface area contributed by atoms with Gasteiger partial charge in [-0.05, 0) is 30.5 Å². The number of hydrogen-bond acceptors (Lipinski definition) is 3. The molecule has 0 amide bonds. The van der Waals surface area contributed by atoms with Crippen LogP contribution >= 0.6 is 0 Å². The highest BCUT2D eigenvalue weighted by Gasteiger charge is 2.44. The third-order valence-electron chi connectivity index (χ3n) is 4.04. The van der Waals surface area contributed by atoms with E-state index in [2.05, 4.69) is 43.4 Å². The van der Waals surface area contributed by atoms with Crippen LogP contribution in [0.25, 0.3) is 0 Å². The Morgan fingerprint density at radius 1 is 1.26 bits per heavy atom. The summed E-state index contributed by atoms with van der Waals surface area (Å²) in [7, 11) is 2.00. The molecule has 0 saturated carbocycles. The standard InChI is InChI=1S/C16H26N2O/c1-12(2)8-13-4-6-14(7-5-13)15(18-3)16(9-17)10-19-11-16/h4-7,12,15,18H,8-11,17H2,1-3H3. The molecule has 2 rings (SSSR count). The summed E-state index contributed by atoms with van der Waals surface area (Å²) in [5.41, 5.74) is 8.73. The van der Waals surface area contributed by atoms with E-state index in [0.717, 1.165) is 19.6 Å². The van der Waals surface area contributed by atoms with Gasteiger partial charge in [0.15, 0.2) is 0 Å². The van der Waals surface area contributed by atoms with Gasteiger partial charge in [0.25, 0.3) is 0 Å². The van der Waals surface area contributed by atoms with Gasteiger partial charge in [-0.1, -0.05) is 38.1 Å². The topological polar surface area (TPSA) is 47.3 Å². The van der Waals surface area contributed by atoms with Gasteiger partial charge in [-0.15, -0.1) is 0 Å². The first kappa shape index (κ1) is 14.5. The second-order valence-electron chi connectivity index (χ2n) is 6.12. The number of benzene rings is 1. The van der Waals surface area contributed by atoms with Gasteiger partial charge >= 0.3 is 0 Å². The lowest BCUT2D eigenvalue weighted by molar-refractivity contribution is -0.126. The van der Waals surface area contributed by atoms with Gasteiger partial charge in [0.05, 0.1) is 13.2 Å². The minimum absolute atomic E-state index is 0.0638. The van der Waals surface area contributed by atoms with Crippen molar-refractivity contribution in [1.29, 1.82) is 0 Å². The van der Waals surface area contributed by atoms with Crippen molar-refractivity contribution >= 4 is 0 Å². The van der Waals surface area contributed by atoms with Gasteiger partial charge in [0.1, 0.15) is 0 Å². The summed E-state index contributed by atoms with van der Waals surface area (Å²) in [6.45, 7) is 6.66. The molecule has 3 heteroatoms. The molecule has 0 spiro atoms. The monoisotopic (exact) mass is 262 g/mol. The third-order valence-corrected chi connectivity index (χ3v) is 4.04. The normalized spacial score (nSPS) is 19.2. The van der Waals surface area contributed by atoms with E-state index in [4.69, 9.17) is 10.5 Å². The van der Waals surface area contributed by atoms with Crippen LogP contribution < -0.4 is 11.1 Å². The minimum atomic E-state index is 0.0638. The number of nitrogens with one attached hydrogen (secondary N) is 1. The van der Waals surface area contributed by atoms with E-state index in [1.807, 2.05) is 7.05 Å². The first-order valence-corrected chi connectivity index (χ1v) is 7.15. The predicted octanol–water partition coefficient (Wildman–Crippen LogP) is 2.12. The lowest BCUT2D eigenvalue weighted by Gasteiger charge is -2.46. The lowest BCUT2D eigenvalue weighted by Crippen LogP contribution is -2.55. The Bertz CT molecular complexity index is 390. The Morgan fingerprint density at radius 3 is 2.26 bits per heavy atom. The number of ether oxygens (including phenoxy) is 1. The minimum Gasteiger partial charge on any atom is -0.380 e. The maximum absolute atomic E-state index is 5.96. The van der Waals surface area contributed by atoms with Crippen LogP contribution in [0.3, 0.4) is 0 Å². The zero-order valence-corrected chi connectivity index (χ0v) is 12.3. The van der Waals surface area contributed by atoms with E-state index in [9.17, 15) is 0 Å². The third kappa shape index (κ3) is 2.99. The van der Waals surface area contributed by atoms with Crippen LogP contribution in [-0.2, 0) is 11.2 Å². The smallest absolute Gasteiger partial charge is 0.0575 e. The van der Waals surface area contributed by atoms with Crippen molar-refractivity contribution in [3.05, 3.63) is 35.4 Å². The first-order valence-electron chi connectivity index (χ1n) is 7.15. The quantitative estimate of drug-likeness (QED) is 0.825. The van der Waals surface area contributed by atoms with E-state index in [0.29, 0.717) is 12.5 Å². The van der Waals surface area contributed by atoms with Crippen molar-refractivity contribution in [3.63, 3.8) is 0 Å². The fourth-order valence-electron chi connectivity index (χ4n) is 2.91. The van der Waals surface area contributed by atoms with Crippen molar-refractivity contribution in [3.8, 4) is 0 Å². The molecule has 0 aromatic heterocycles. The second kappa shape index (κ2) is 6.04. The fraction of sp³-hybridized carbons (Fsp3) is 0.625. The van der Waals surface area contributed by atoms with Crippen molar-refractivity contribution in [2.45, 2.75) is 26.3 Å². The highest BCUT2D eigenvalue weighted by atomic mass is 16.5.